The molecule has 5 heteroatoms. The van der Waals surface area contributed by atoms with Gasteiger partial charge in [-0.1, -0.05) is 0 Å². The number of hydrogen-bond donors (Lipinski definition) is 4. The number of aliphatic hydroxyl groups is 1. The van der Waals surface area contributed by atoms with Crippen LogP contribution in [0.4, 0.5) is 0 Å². The molecule has 0 saturated heterocycles. The molecule has 2 fully saturated rings. The van der Waals surface area contributed by atoms with Crippen LogP contribution >= 0.6 is 0 Å². The summed E-state index contributed by atoms with van der Waals surface area (Å²) in [5.41, 5.74) is 9.32. The average molecular weight is 266 g/mol. The van der Waals surface area contributed by atoms with E-state index in [0.29, 0.717) is 11.3 Å². The molecule has 2 aliphatic carbocycles. The van der Waals surface area contributed by atoms with Gasteiger partial charge in [-0.15, -0.1) is 0 Å². The van der Waals surface area contributed by atoms with Gasteiger partial charge in [-0.05, 0) is 69.6 Å². The highest BCUT2D eigenvalue weighted by atomic mass is 16.3. The number of nitrogens with zero attached hydrogens (tertiary/aromatic N) is 1. The fourth-order valence-electron chi connectivity index (χ4n) is 3.60. The first kappa shape index (κ1) is 14.3. The molecular formula is C14H26N4O. The summed E-state index contributed by atoms with van der Waals surface area (Å²) in [5.74, 6) is 0.414. The van der Waals surface area contributed by atoms with Crippen molar-refractivity contribution in [3.8, 4) is 0 Å². The van der Waals surface area contributed by atoms with Crippen molar-refractivity contribution in [2.75, 3.05) is 0 Å². The second kappa shape index (κ2) is 5.90. The molecule has 19 heavy (non-hydrogen) atoms. The minimum atomic E-state index is -0.104. The van der Waals surface area contributed by atoms with Crippen LogP contribution in [0.25, 0.3) is 0 Å². The van der Waals surface area contributed by atoms with Crippen LogP contribution in [0.15, 0.2) is 5.10 Å². The molecule has 0 aromatic heterocycles. The van der Waals surface area contributed by atoms with Crippen LogP contribution in [0.2, 0.25) is 0 Å². The normalized spacial score (nSPS) is 36.2. The molecule has 1 spiro atoms. The molecule has 0 unspecified atom stereocenters. The fraction of sp³-hybridized carbons (Fsp3) is 0.857. The first-order valence-electron chi connectivity index (χ1n) is 7.33. The summed E-state index contributed by atoms with van der Waals surface area (Å²) >= 11 is 0. The van der Waals surface area contributed by atoms with Gasteiger partial charge in [0.15, 0.2) is 0 Å². The van der Waals surface area contributed by atoms with Crippen LogP contribution in [-0.2, 0) is 0 Å². The molecule has 0 heterocycles. The standard InChI is InChI=1S/C14H26N4O/c1-10(17-18-13(15)16)11-2-6-14(7-3-11)8-4-12(19)5-9-14/h11-12,19H,2-9H2,1H3,(H4,15,16,18)/b17-10-. The number of hydrazone groups is 1. The highest BCUT2D eigenvalue weighted by Gasteiger charge is 2.38. The van der Waals surface area contributed by atoms with Crippen molar-refractivity contribution in [3.05, 3.63) is 0 Å². The van der Waals surface area contributed by atoms with Crippen LogP contribution < -0.4 is 11.2 Å². The predicted octanol–water partition coefficient (Wildman–Crippen LogP) is 1.96. The molecule has 0 radical (unpaired) electrons. The van der Waals surface area contributed by atoms with E-state index in [2.05, 4.69) is 10.5 Å². The molecule has 0 aromatic rings. The van der Waals surface area contributed by atoms with Crippen molar-refractivity contribution >= 4 is 11.7 Å². The topological polar surface area (TPSA) is 94.5 Å². The fourth-order valence-corrected chi connectivity index (χ4v) is 3.60. The molecule has 0 aliphatic heterocycles. The summed E-state index contributed by atoms with van der Waals surface area (Å²) < 4.78 is 0. The molecule has 0 amide bonds. The van der Waals surface area contributed by atoms with Gasteiger partial charge in [0.1, 0.15) is 0 Å². The van der Waals surface area contributed by atoms with Gasteiger partial charge in [-0.2, -0.15) is 5.10 Å². The van der Waals surface area contributed by atoms with E-state index in [1.54, 1.807) is 0 Å². The molecule has 5 nitrogen and oxygen atoms in total. The lowest BCUT2D eigenvalue weighted by molar-refractivity contribution is 0.0350. The molecule has 2 rings (SSSR count). The minimum absolute atomic E-state index is 0.0635. The summed E-state index contributed by atoms with van der Waals surface area (Å²) in [6.07, 6.45) is 9.09. The first-order valence-corrected chi connectivity index (χ1v) is 7.33. The minimum Gasteiger partial charge on any atom is -0.393 e. The van der Waals surface area contributed by atoms with Crippen LogP contribution in [0.3, 0.4) is 0 Å². The zero-order valence-corrected chi connectivity index (χ0v) is 11.8. The number of nitrogens with one attached hydrogen (secondary N) is 2. The quantitative estimate of drug-likeness (QED) is 0.349. The van der Waals surface area contributed by atoms with E-state index in [1.807, 2.05) is 6.92 Å². The van der Waals surface area contributed by atoms with Gasteiger partial charge in [0.2, 0.25) is 5.96 Å². The number of hydrogen-bond acceptors (Lipinski definition) is 3. The highest BCUT2D eigenvalue weighted by molar-refractivity contribution is 5.86. The molecule has 2 aliphatic rings. The summed E-state index contributed by atoms with van der Waals surface area (Å²) in [4.78, 5) is 0. The summed E-state index contributed by atoms with van der Waals surface area (Å²) in [6, 6.07) is 0. The van der Waals surface area contributed by atoms with Crippen molar-refractivity contribution < 1.29 is 5.11 Å². The number of nitrogens with two attached hydrogens (primary N) is 1. The molecule has 0 atom stereocenters. The Labute approximate surface area is 115 Å². The van der Waals surface area contributed by atoms with Crippen molar-refractivity contribution in [1.82, 2.24) is 5.43 Å². The second-order valence-electron chi connectivity index (χ2n) is 6.28. The Morgan fingerprint density at radius 1 is 1.21 bits per heavy atom. The lowest BCUT2D eigenvalue weighted by atomic mass is 9.62. The zero-order chi connectivity index (χ0) is 13.9. The van der Waals surface area contributed by atoms with Gasteiger partial charge >= 0.3 is 0 Å². The highest BCUT2D eigenvalue weighted by Crippen LogP contribution is 2.49. The van der Waals surface area contributed by atoms with E-state index < -0.39 is 0 Å². The van der Waals surface area contributed by atoms with Gasteiger partial charge in [0.05, 0.1) is 6.10 Å². The maximum Gasteiger partial charge on any atom is 0.206 e. The summed E-state index contributed by atoms with van der Waals surface area (Å²) in [7, 11) is 0. The third-order valence-corrected chi connectivity index (χ3v) is 5.01. The van der Waals surface area contributed by atoms with Gasteiger partial charge in [-0.3, -0.25) is 5.41 Å². The predicted molar refractivity (Wildman–Crippen MR) is 77.0 cm³/mol. The maximum atomic E-state index is 9.63. The zero-order valence-electron chi connectivity index (χ0n) is 11.8. The van der Waals surface area contributed by atoms with Gasteiger partial charge < -0.3 is 10.8 Å². The lowest BCUT2D eigenvalue weighted by Gasteiger charge is -2.44. The summed E-state index contributed by atoms with van der Waals surface area (Å²) in [5, 5.41) is 20.9. The van der Waals surface area contributed by atoms with E-state index in [4.69, 9.17) is 11.1 Å². The van der Waals surface area contributed by atoms with Crippen LogP contribution in [0.5, 0.6) is 0 Å². The Morgan fingerprint density at radius 2 is 1.74 bits per heavy atom. The smallest absolute Gasteiger partial charge is 0.206 e. The van der Waals surface area contributed by atoms with Crippen molar-refractivity contribution in [2.24, 2.45) is 22.2 Å². The monoisotopic (exact) mass is 266 g/mol. The molecule has 2 saturated carbocycles. The molecule has 5 N–H and O–H groups in total. The van der Waals surface area contributed by atoms with E-state index in [1.165, 1.54) is 38.5 Å². The van der Waals surface area contributed by atoms with E-state index in [-0.39, 0.29) is 12.1 Å². The summed E-state index contributed by atoms with van der Waals surface area (Å²) in [6.45, 7) is 2.02. The Bertz CT molecular complexity index is 348. The average Bonchev–Trinajstić information content (AvgIpc) is 2.40. The van der Waals surface area contributed by atoms with E-state index in [0.717, 1.165) is 18.6 Å². The van der Waals surface area contributed by atoms with Crippen LogP contribution in [-0.4, -0.2) is 22.9 Å². The number of guanidine groups is 1. The van der Waals surface area contributed by atoms with Crippen LogP contribution in [0, 0.1) is 16.7 Å². The first-order chi connectivity index (χ1) is 9.01. The van der Waals surface area contributed by atoms with Crippen molar-refractivity contribution in [3.63, 3.8) is 0 Å². The van der Waals surface area contributed by atoms with E-state index in [9.17, 15) is 5.11 Å². The lowest BCUT2D eigenvalue weighted by Crippen LogP contribution is -2.35. The Kier molecular flexibility index (Phi) is 4.45. The molecule has 108 valence electrons. The Balaban J connectivity index is 1.85. The number of aliphatic hydroxyl groups excluding tert-OH is 1. The maximum absolute atomic E-state index is 9.63. The Hall–Kier alpha value is -1.10. The van der Waals surface area contributed by atoms with Gasteiger partial charge in [0, 0.05) is 5.71 Å². The van der Waals surface area contributed by atoms with E-state index >= 15 is 0 Å². The van der Waals surface area contributed by atoms with Gasteiger partial charge in [0.25, 0.3) is 0 Å². The van der Waals surface area contributed by atoms with Crippen molar-refractivity contribution in [1.29, 1.82) is 5.41 Å². The molecular weight excluding hydrogens is 240 g/mol. The Morgan fingerprint density at radius 3 is 2.26 bits per heavy atom. The third kappa shape index (κ3) is 3.69. The third-order valence-electron chi connectivity index (χ3n) is 5.01. The molecule has 0 aromatic carbocycles. The second-order valence-corrected chi connectivity index (χ2v) is 6.28. The van der Waals surface area contributed by atoms with Crippen molar-refractivity contribution in [2.45, 2.75) is 64.4 Å². The molecule has 0 bridgehead atoms. The SMILES string of the molecule is C/C(=N/NC(=N)N)C1CCC2(CCC(O)CC2)CC1. The van der Waals surface area contributed by atoms with Gasteiger partial charge in [-0.25, -0.2) is 5.43 Å². The number of rotatable bonds is 2. The van der Waals surface area contributed by atoms with Crippen LogP contribution in [0.1, 0.15) is 58.3 Å². The largest absolute Gasteiger partial charge is 0.393 e.